The molecule has 6 aliphatic rings. The first kappa shape index (κ1) is 51.8. The van der Waals surface area contributed by atoms with E-state index < -0.39 is 30.2 Å². The first-order valence-electron chi connectivity index (χ1n) is 24.7. The summed E-state index contributed by atoms with van der Waals surface area (Å²) in [5.41, 5.74) is 4.62. The number of hydrogen-bond donors (Lipinski definition) is 2. The predicted molar refractivity (Wildman–Crippen MR) is 255 cm³/mol. The number of piperidine rings is 2. The molecular weight excluding hydrogens is 875 g/mol. The highest BCUT2D eigenvalue weighted by Gasteiger charge is 2.36. The van der Waals surface area contributed by atoms with Crippen molar-refractivity contribution in [3.63, 3.8) is 0 Å². The Bertz CT molecular complexity index is 2220. The zero-order valence-electron chi connectivity index (χ0n) is 40.3. The average molecular weight is 945 g/mol. The molecule has 6 heterocycles. The summed E-state index contributed by atoms with van der Waals surface area (Å²) in [5.74, 6) is -1.20. The van der Waals surface area contributed by atoms with E-state index in [9.17, 15) is 37.5 Å². The van der Waals surface area contributed by atoms with Crippen LogP contribution in [0.5, 0.6) is 0 Å². The standard InChI is InChI=1S/C29H37F2N5O3.C14H14N2O4.C6H13N.C2H6/c30-27(31)22-16-26-19(15-23(22)29(38)32-20-6-2-1-3-7-20)5-4-11-35(26)28-24-17-34(18-37)12-8-25(24)36(33-28)21-9-13-39-14-10-21;1-9-4-2-3-5-10(9)14(20)16(8-17)11-6-7-12(18)15-13(11)19;1-7-5-3-2-4-6-7;1-2/h15-16,18,20-21,27H,1-14,17H2,(H,32,38);2-5,8,11H,6-7H2,1H3,(H,15,18,19);2-6H2,1H3;1-2H3. The molecule has 3 aromatic rings. The van der Waals surface area contributed by atoms with Gasteiger partial charge in [-0.25, -0.2) is 8.78 Å². The molecule has 17 heteroatoms. The van der Waals surface area contributed by atoms with E-state index in [0.717, 1.165) is 90.9 Å². The molecule has 15 nitrogen and oxygen atoms in total. The summed E-state index contributed by atoms with van der Waals surface area (Å²) in [6.45, 7) is 11.5. The van der Waals surface area contributed by atoms with E-state index in [0.29, 0.717) is 63.4 Å². The van der Waals surface area contributed by atoms with Crippen LogP contribution < -0.4 is 15.5 Å². The molecule has 370 valence electrons. The summed E-state index contributed by atoms with van der Waals surface area (Å²) >= 11 is 0. The molecule has 9 rings (SSSR count). The number of alkyl halides is 2. The normalized spacial score (nSPS) is 19.9. The third-order valence-electron chi connectivity index (χ3n) is 13.7. The van der Waals surface area contributed by atoms with Gasteiger partial charge in [0.2, 0.25) is 24.6 Å². The predicted octanol–water partition coefficient (Wildman–Crippen LogP) is 7.36. The molecule has 68 heavy (non-hydrogen) atoms. The molecule has 0 radical (unpaired) electrons. The number of amides is 6. The molecule has 6 amide bonds. The minimum Gasteiger partial charge on any atom is -0.381 e. The number of carbonyl (C=O) groups is 6. The zero-order valence-corrected chi connectivity index (χ0v) is 40.3. The molecule has 5 aliphatic heterocycles. The minimum absolute atomic E-state index is 0.0470. The number of fused-ring (bicyclic) bond motifs is 2. The van der Waals surface area contributed by atoms with Gasteiger partial charge in [0, 0.05) is 78.8 Å². The van der Waals surface area contributed by atoms with E-state index in [1.165, 1.54) is 38.4 Å². The summed E-state index contributed by atoms with van der Waals surface area (Å²) in [7, 11) is 2.19. The number of rotatable bonds is 9. The Morgan fingerprint density at radius 2 is 1.57 bits per heavy atom. The quantitative estimate of drug-likeness (QED) is 0.164. The van der Waals surface area contributed by atoms with Gasteiger partial charge in [-0.2, -0.15) is 5.10 Å². The molecular formula is C51H70F2N8O7. The van der Waals surface area contributed by atoms with E-state index in [1.807, 2.05) is 18.7 Å². The molecule has 2 aromatic carbocycles. The molecule has 1 unspecified atom stereocenters. The van der Waals surface area contributed by atoms with Gasteiger partial charge in [0.25, 0.3) is 18.2 Å². The van der Waals surface area contributed by atoms with Gasteiger partial charge >= 0.3 is 0 Å². The second-order valence-electron chi connectivity index (χ2n) is 18.3. The van der Waals surface area contributed by atoms with Crippen LogP contribution in [0.1, 0.15) is 158 Å². The molecule has 1 atom stereocenters. The van der Waals surface area contributed by atoms with Crippen LogP contribution in [0, 0.1) is 6.92 Å². The molecule has 2 N–H and O–H groups in total. The number of halogens is 2. The third-order valence-corrected chi connectivity index (χ3v) is 13.7. The van der Waals surface area contributed by atoms with Gasteiger partial charge in [0.15, 0.2) is 5.82 Å². The number of aryl methyl sites for hydroxylation is 2. The van der Waals surface area contributed by atoms with Crippen molar-refractivity contribution in [3.05, 3.63) is 75.5 Å². The smallest absolute Gasteiger partial charge is 0.264 e. The van der Waals surface area contributed by atoms with Crippen molar-refractivity contribution in [2.75, 3.05) is 51.3 Å². The lowest BCUT2D eigenvalue weighted by Crippen LogP contribution is -2.53. The fourth-order valence-corrected chi connectivity index (χ4v) is 9.96. The number of likely N-dealkylation sites (tertiary alicyclic amines) is 1. The maximum absolute atomic E-state index is 14.4. The van der Waals surface area contributed by atoms with E-state index >= 15 is 0 Å². The Hall–Kier alpha value is -5.55. The van der Waals surface area contributed by atoms with E-state index in [-0.39, 0.29) is 42.0 Å². The summed E-state index contributed by atoms with van der Waals surface area (Å²) < 4.78 is 36.5. The van der Waals surface area contributed by atoms with Crippen molar-refractivity contribution in [3.8, 4) is 0 Å². The van der Waals surface area contributed by atoms with Gasteiger partial charge in [0.05, 0.1) is 12.6 Å². The Balaban J connectivity index is 0.000000217. The summed E-state index contributed by atoms with van der Waals surface area (Å²) in [6.07, 6.45) is 12.0. The topological polar surface area (TPSA) is 166 Å². The average Bonchev–Trinajstić information content (AvgIpc) is 3.74. The van der Waals surface area contributed by atoms with Crippen LogP contribution >= 0.6 is 0 Å². The van der Waals surface area contributed by atoms with Crippen LogP contribution in [0.4, 0.5) is 20.3 Å². The highest BCUT2D eigenvalue weighted by atomic mass is 19.3. The molecule has 1 aromatic heterocycles. The van der Waals surface area contributed by atoms with Crippen LogP contribution in [0.15, 0.2) is 36.4 Å². The van der Waals surface area contributed by atoms with Gasteiger partial charge in [-0.05, 0) is 114 Å². The van der Waals surface area contributed by atoms with Crippen molar-refractivity contribution < 1.29 is 42.3 Å². The maximum Gasteiger partial charge on any atom is 0.264 e. The van der Waals surface area contributed by atoms with Crippen molar-refractivity contribution in [2.45, 2.75) is 148 Å². The summed E-state index contributed by atoms with van der Waals surface area (Å²) in [4.78, 5) is 78.3. The molecule has 0 bridgehead atoms. The Morgan fingerprint density at radius 3 is 2.21 bits per heavy atom. The second kappa shape index (κ2) is 25.2. The maximum atomic E-state index is 14.4. The number of carbonyl (C=O) groups excluding carboxylic acids is 6. The van der Waals surface area contributed by atoms with E-state index in [1.54, 1.807) is 42.2 Å². The Labute approximate surface area is 399 Å². The van der Waals surface area contributed by atoms with Crippen molar-refractivity contribution in [1.82, 2.24) is 35.1 Å². The molecule has 1 aliphatic carbocycles. The third kappa shape index (κ3) is 12.7. The summed E-state index contributed by atoms with van der Waals surface area (Å²) in [5, 5.41) is 10.2. The molecule has 4 fully saturated rings. The van der Waals surface area contributed by atoms with E-state index in [2.05, 4.69) is 27.3 Å². The van der Waals surface area contributed by atoms with Gasteiger partial charge in [0.1, 0.15) is 6.04 Å². The van der Waals surface area contributed by atoms with E-state index in [4.69, 9.17) is 9.84 Å². The largest absolute Gasteiger partial charge is 0.381 e. The number of benzene rings is 2. The van der Waals surface area contributed by atoms with Crippen molar-refractivity contribution in [1.29, 1.82) is 0 Å². The second-order valence-corrected chi connectivity index (χ2v) is 18.3. The van der Waals surface area contributed by atoms with Crippen LogP contribution in [-0.4, -0.2) is 119 Å². The number of nitrogens with one attached hydrogen (secondary N) is 2. The van der Waals surface area contributed by atoms with Crippen LogP contribution in [0.3, 0.4) is 0 Å². The highest BCUT2D eigenvalue weighted by Crippen LogP contribution is 2.42. The van der Waals surface area contributed by atoms with Gasteiger partial charge in [-0.1, -0.05) is 57.7 Å². The molecule has 1 saturated carbocycles. The van der Waals surface area contributed by atoms with Crippen molar-refractivity contribution in [2.24, 2.45) is 0 Å². The lowest BCUT2D eigenvalue weighted by Gasteiger charge is -2.33. The zero-order chi connectivity index (χ0) is 48.7. The van der Waals surface area contributed by atoms with Gasteiger partial charge in [-0.3, -0.25) is 43.7 Å². The Morgan fingerprint density at radius 1 is 0.868 bits per heavy atom. The first-order chi connectivity index (χ1) is 33.0. The number of hydrogen-bond acceptors (Lipinski definition) is 10. The number of ether oxygens (including phenoxy) is 1. The highest BCUT2D eigenvalue weighted by molar-refractivity contribution is 6.07. The lowest BCUT2D eigenvalue weighted by atomic mass is 9.93. The van der Waals surface area contributed by atoms with Crippen LogP contribution in [0.25, 0.3) is 0 Å². The minimum atomic E-state index is -2.77. The Kier molecular flexibility index (Phi) is 19.2. The summed E-state index contributed by atoms with van der Waals surface area (Å²) in [6, 6.07) is 9.34. The van der Waals surface area contributed by atoms with Crippen LogP contribution in [0.2, 0.25) is 0 Å². The van der Waals surface area contributed by atoms with Crippen LogP contribution in [-0.2, 0) is 43.3 Å². The van der Waals surface area contributed by atoms with Gasteiger partial charge in [-0.15, -0.1) is 0 Å². The number of nitrogens with zero attached hydrogens (tertiary/aromatic N) is 6. The lowest BCUT2D eigenvalue weighted by molar-refractivity contribution is -0.139. The van der Waals surface area contributed by atoms with Gasteiger partial charge < -0.3 is 24.8 Å². The molecule has 3 saturated heterocycles. The number of imide groups is 2. The fourth-order valence-electron chi connectivity index (χ4n) is 9.96. The monoisotopic (exact) mass is 945 g/mol. The molecule has 0 spiro atoms. The SMILES string of the molecule is CC.CN1CCCCC1.Cc1ccccc1C(=O)N(C=O)C1CCC(=O)NC1=O.O=CN1CCc2c(c(N3CCCc4cc(C(=O)NC5CCCCC5)c(C(F)F)cc43)nn2C2CCOCC2)C1. The number of aromatic nitrogens is 2. The number of anilines is 2. The van der Waals surface area contributed by atoms with Crippen molar-refractivity contribution >= 4 is 48.0 Å². The first-order valence-corrected chi connectivity index (χ1v) is 24.7. The fraction of sp³-hybridized carbons (Fsp3) is 0.588.